The number of hydrogen-bond donors (Lipinski definition) is 2. The van der Waals surface area contributed by atoms with E-state index in [1.807, 2.05) is 37.4 Å². The maximum absolute atomic E-state index is 6.17. The van der Waals surface area contributed by atoms with Crippen molar-refractivity contribution >= 4 is 39.1 Å². The zero-order chi connectivity index (χ0) is 15.0. The fourth-order valence-electron chi connectivity index (χ4n) is 2.05. The molecule has 3 N–H and O–H groups in total. The molecule has 0 spiro atoms. The zero-order valence-electron chi connectivity index (χ0n) is 11.5. The Hall–Kier alpha value is -1.89. The van der Waals surface area contributed by atoms with E-state index in [2.05, 4.69) is 15.4 Å². The van der Waals surface area contributed by atoms with Crippen LogP contribution in [0, 0.1) is 13.8 Å². The first-order valence-electron chi connectivity index (χ1n) is 6.25. The maximum Gasteiger partial charge on any atom is 0.241 e. The molecule has 5 nitrogen and oxygen atoms in total. The Bertz CT molecular complexity index is 795. The Morgan fingerprint density at radius 2 is 1.95 bits per heavy atom. The van der Waals surface area contributed by atoms with E-state index in [1.165, 1.54) is 11.3 Å². The van der Waals surface area contributed by atoms with Gasteiger partial charge in [0.05, 0.1) is 5.39 Å². The molecule has 0 bridgehead atoms. The number of anilines is 1. The number of hydrogen-bond acceptors (Lipinski definition) is 6. The lowest BCUT2D eigenvalue weighted by Crippen LogP contribution is -2.10. The Morgan fingerprint density at radius 1 is 1.24 bits per heavy atom. The normalized spacial score (nSPS) is 10.9. The summed E-state index contributed by atoms with van der Waals surface area (Å²) in [5, 5.41) is 3.53. The molecule has 7 heteroatoms. The first-order chi connectivity index (χ1) is 10.1. The molecule has 0 amide bonds. The molecule has 108 valence electrons. The number of thiophene rings is 1. The van der Waals surface area contributed by atoms with E-state index < -0.39 is 0 Å². The fourth-order valence-corrected chi connectivity index (χ4v) is 2.91. The lowest BCUT2D eigenvalue weighted by Gasteiger charge is -2.10. The number of nitrogens with two attached hydrogens (primary N) is 1. The van der Waals surface area contributed by atoms with Crippen LogP contribution in [0.1, 0.15) is 11.1 Å². The predicted molar refractivity (Wildman–Crippen MR) is 86.2 cm³/mol. The molecule has 0 fully saturated rings. The van der Waals surface area contributed by atoms with Gasteiger partial charge in [0.2, 0.25) is 11.8 Å². The second kappa shape index (κ2) is 5.48. The molecule has 0 unspecified atom stereocenters. The summed E-state index contributed by atoms with van der Waals surface area (Å²) in [6.45, 7) is 3.88. The fraction of sp³-hybridized carbons (Fsp3) is 0.143. The second-order valence-corrected chi connectivity index (χ2v) is 5.88. The Kier molecular flexibility index (Phi) is 3.67. The highest BCUT2D eigenvalue weighted by atomic mass is 35.5. The Balaban J connectivity index is 2.07. The third-order valence-corrected chi connectivity index (χ3v) is 4.45. The largest absolute Gasteiger partial charge is 0.438 e. The molecule has 0 aliphatic carbocycles. The number of nitrogens with one attached hydrogen (secondary N) is 1. The summed E-state index contributed by atoms with van der Waals surface area (Å²) in [6.07, 6.45) is 0. The van der Waals surface area contributed by atoms with Gasteiger partial charge in [0, 0.05) is 5.02 Å². The average molecular weight is 321 g/mol. The van der Waals surface area contributed by atoms with Crippen molar-refractivity contribution in [3.05, 3.63) is 39.7 Å². The van der Waals surface area contributed by atoms with Gasteiger partial charge < -0.3 is 4.74 Å². The number of halogens is 1. The van der Waals surface area contributed by atoms with Gasteiger partial charge in [-0.1, -0.05) is 11.6 Å². The van der Waals surface area contributed by atoms with Crippen LogP contribution in [0.5, 0.6) is 11.6 Å². The van der Waals surface area contributed by atoms with Crippen molar-refractivity contribution in [3.8, 4) is 11.6 Å². The van der Waals surface area contributed by atoms with Crippen molar-refractivity contribution < 1.29 is 4.74 Å². The number of aryl methyl sites for hydroxylation is 2. The lowest BCUT2D eigenvalue weighted by atomic mass is 10.1. The number of rotatable bonds is 3. The molecular formula is C14H13ClN4OS. The molecule has 3 rings (SSSR count). The summed E-state index contributed by atoms with van der Waals surface area (Å²) in [7, 11) is 0. The standard InChI is InChI=1S/C14H13ClN4OS/c1-7-5-9(6-8(2)11(7)15)20-12-10-3-4-21-13(10)18-14(17-12)19-16/h3-6H,16H2,1-2H3,(H,17,18,19). The molecule has 2 heterocycles. The number of aromatic nitrogens is 2. The first-order valence-corrected chi connectivity index (χ1v) is 7.50. The summed E-state index contributed by atoms with van der Waals surface area (Å²) in [5.74, 6) is 6.87. The van der Waals surface area contributed by atoms with Crippen LogP contribution in [0.15, 0.2) is 23.6 Å². The number of fused-ring (bicyclic) bond motifs is 1. The molecule has 0 saturated heterocycles. The van der Waals surface area contributed by atoms with Gasteiger partial charge in [0.15, 0.2) is 0 Å². The van der Waals surface area contributed by atoms with Crippen LogP contribution in [0.3, 0.4) is 0 Å². The van der Waals surface area contributed by atoms with Crippen molar-refractivity contribution in [2.75, 3.05) is 5.43 Å². The third kappa shape index (κ3) is 2.65. The van der Waals surface area contributed by atoms with Crippen molar-refractivity contribution in [2.24, 2.45) is 5.84 Å². The van der Waals surface area contributed by atoms with Crippen LogP contribution in [0.25, 0.3) is 10.2 Å². The number of benzene rings is 1. The molecule has 0 atom stereocenters. The highest BCUT2D eigenvalue weighted by Gasteiger charge is 2.12. The maximum atomic E-state index is 6.17. The van der Waals surface area contributed by atoms with Gasteiger partial charge in [-0.2, -0.15) is 4.98 Å². The minimum atomic E-state index is 0.322. The summed E-state index contributed by atoms with van der Waals surface area (Å²) in [4.78, 5) is 9.36. The van der Waals surface area contributed by atoms with Crippen LogP contribution in [-0.2, 0) is 0 Å². The van der Waals surface area contributed by atoms with E-state index in [9.17, 15) is 0 Å². The topological polar surface area (TPSA) is 73.1 Å². The molecule has 0 radical (unpaired) electrons. The van der Waals surface area contributed by atoms with Gasteiger partial charge in [0.1, 0.15) is 10.6 Å². The van der Waals surface area contributed by atoms with Crippen molar-refractivity contribution in [1.29, 1.82) is 0 Å². The minimum Gasteiger partial charge on any atom is -0.438 e. The molecule has 0 aliphatic heterocycles. The highest BCUT2D eigenvalue weighted by Crippen LogP contribution is 2.33. The van der Waals surface area contributed by atoms with Gasteiger partial charge in [0.25, 0.3) is 0 Å². The van der Waals surface area contributed by atoms with Gasteiger partial charge in [-0.3, -0.25) is 5.43 Å². The second-order valence-electron chi connectivity index (χ2n) is 4.61. The van der Waals surface area contributed by atoms with Crippen LogP contribution >= 0.6 is 22.9 Å². The smallest absolute Gasteiger partial charge is 0.241 e. The Labute approximate surface area is 130 Å². The third-order valence-electron chi connectivity index (χ3n) is 3.04. The quantitative estimate of drug-likeness (QED) is 0.563. The van der Waals surface area contributed by atoms with Crippen LogP contribution in [-0.4, -0.2) is 9.97 Å². The molecule has 2 aromatic heterocycles. The summed E-state index contributed by atoms with van der Waals surface area (Å²) < 4.78 is 5.91. The van der Waals surface area contributed by atoms with E-state index in [4.69, 9.17) is 22.2 Å². The van der Waals surface area contributed by atoms with Crippen molar-refractivity contribution in [3.63, 3.8) is 0 Å². The molecule has 0 aliphatic rings. The van der Waals surface area contributed by atoms with Crippen LogP contribution in [0.4, 0.5) is 5.95 Å². The summed E-state index contributed by atoms with van der Waals surface area (Å²) >= 11 is 7.67. The summed E-state index contributed by atoms with van der Waals surface area (Å²) in [6, 6.07) is 5.68. The van der Waals surface area contributed by atoms with E-state index in [0.29, 0.717) is 17.6 Å². The predicted octanol–water partition coefficient (Wildman–Crippen LogP) is 4.04. The first kappa shape index (κ1) is 14.1. The molecule has 0 saturated carbocycles. The van der Waals surface area contributed by atoms with E-state index in [1.54, 1.807) is 0 Å². The van der Waals surface area contributed by atoms with Gasteiger partial charge in [-0.05, 0) is 48.6 Å². The molecule has 21 heavy (non-hydrogen) atoms. The molecular weight excluding hydrogens is 308 g/mol. The van der Waals surface area contributed by atoms with Crippen LogP contribution < -0.4 is 16.0 Å². The number of nitrogens with zero attached hydrogens (tertiary/aromatic N) is 2. The van der Waals surface area contributed by atoms with Crippen molar-refractivity contribution in [1.82, 2.24) is 9.97 Å². The number of nitrogen functional groups attached to an aromatic ring is 1. The Morgan fingerprint density at radius 3 is 2.62 bits per heavy atom. The number of hydrazine groups is 1. The zero-order valence-corrected chi connectivity index (χ0v) is 13.0. The highest BCUT2D eigenvalue weighted by molar-refractivity contribution is 7.16. The van der Waals surface area contributed by atoms with Gasteiger partial charge in [-0.15, -0.1) is 11.3 Å². The van der Waals surface area contributed by atoms with E-state index in [-0.39, 0.29) is 0 Å². The monoisotopic (exact) mass is 320 g/mol. The van der Waals surface area contributed by atoms with E-state index in [0.717, 1.165) is 26.4 Å². The average Bonchev–Trinajstić information content (AvgIpc) is 2.93. The number of ether oxygens (including phenoxy) is 1. The van der Waals surface area contributed by atoms with Crippen LogP contribution in [0.2, 0.25) is 5.02 Å². The van der Waals surface area contributed by atoms with E-state index >= 15 is 0 Å². The lowest BCUT2D eigenvalue weighted by molar-refractivity contribution is 0.468. The minimum absolute atomic E-state index is 0.322. The summed E-state index contributed by atoms with van der Waals surface area (Å²) in [5.41, 5.74) is 4.37. The molecule has 3 aromatic rings. The van der Waals surface area contributed by atoms with Gasteiger partial charge >= 0.3 is 0 Å². The SMILES string of the molecule is Cc1cc(Oc2nc(NN)nc3sccc23)cc(C)c1Cl. The van der Waals surface area contributed by atoms with Crippen molar-refractivity contribution in [2.45, 2.75) is 13.8 Å². The van der Waals surface area contributed by atoms with Gasteiger partial charge in [-0.25, -0.2) is 10.8 Å². The molecule has 1 aromatic carbocycles.